The van der Waals surface area contributed by atoms with E-state index in [4.69, 9.17) is 4.74 Å². The van der Waals surface area contributed by atoms with Gasteiger partial charge in [-0.1, -0.05) is 0 Å². The van der Waals surface area contributed by atoms with Crippen molar-refractivity contribution in [3.05, 3.63) is 0 Å². The second kappa shape index (κ2) is 7.01. The van der Waals surface area contributed by atoms with Gasteiger partial charge < -0.3 is 4.74 Å². The van der Waals surface area contributed by atoms with Gasteiger partial charge >= 0.3 is 5.97 Å². The number of hydrogen-bond donors (Lipinski definition) is 0. The molecule has 5 heteroatoms. The van der Waals surface area contributed by atoms with Gasteiger partial charge in [-0.05, 0) is 27.7 Å². The number of nitrogens with zero attached hydrogens (tertiary/aromatic N) is 2. The van der Waals surface area contributed by atoms with Crippen molar-refractivity contribution < 1.29 is 14.3 Å². The van der Waals surface area contributed by atoms with E-state index in [0.717, 1.165) is 26.2 Å². The topological polar surface area (TPSA) is 49.9 Å². The molecule has 5 nitrogen and oxygen atoms in total. The molecule has 110 valence electrons. The molecule has 0 radical (unpaired) electrons. The van der Waals surface area contributed by atoms with Gasteiger partial charge in [0, 0.05) is 31.7 Å². The normalized spacial score (nSPS) is 18.3. The molecule has 0 aliphatic carbocycles. The van der Waals surface area contributed by atoms with Crippen LogP contribution in [0.3, 0.4) is 0 Å². The van der Waals surface area contributed by atoms with Crippen LogP contribution in [0.4, 0.5) is 0 Å². The number of carbonyl (C=O) groups excluding carboxylic acids is 2. The highest BCUT2D eigenvalue weighted by molar-refractivity contribution is 5.96. The first-order valence-electron chi connectivity index (χ1n) is 6.97. The first kappa shape index (κ1) is 16.1. The van der Waals surface area contributed by atoms with Gasteiger partial charge in [-0.3, -0.25) is 19.4 Å². The summed E-state index contributed by atoms with van der Waals surface area (Å²) in [5.41, 5.74) is 0.182. The summed E-state index contributed by atoms with van der Waals surface area (Å²) >= 11 is 0. The molecule has 1 aliphatic rings. The Hall–Kier alpha value is -0.940. The van der Waals surface area contributed by atoms with Gasteiger partial charge in [0.2, 0.25) is 0 Å². The van der Waals surface area contributed by atoms with Gasteiger partial charge in [0.15, 0.2) is 5.78 Å². The highest BCUT2D eigenvalue weighted by atomic mass is 16.5. The number of hydrogen-bond acceptors (Lipinski definition) is 5. The van der Waals surface area contributed by atoms with E-state index < -0.39 is 5.97 Å². The summed E-state index contributed by atoms with van der Waals surface area (Å²) in [7, 11) is 0. The largest absolute Gasteiger partial charge is 0.466 e. The van der Waals surface area contributed by atoms with Gasteiger partial charge in [0.1, 0.15) is 6.42 Å². The zero-order chi connectivity index (χ0) is 14.5. The quantitative estimate of drug-likeness (QED) is 0.549. The Morgan fingerprint density at radius 3 is 2.16 bits per heavy atom. The maximum absolute atomic E-state index is 11.7. The van der Waals surface area contributed by atoms with Gasteiger partial charge in [0.25, 0.3) is 0 Å². The minimum atomic E-state index is -0.416. The van der Waals surface area contributed by atoms with Crippen LogP contribution in [0.15, 0.2) is 0 Å². The van der Waals surface area contributed by atoms with Crippen LogP contribution in [0.1, 0.15) is 34.1 Å². The number of ether oxygens (including phenoxy) is 1. The van der Waals surface area contributed by atoms with Crippen molar-refractivity contribution >= 4 is 11.8 Å². The summed E-state index contributed by atoms with van der Waals surface area (Å²) in [6.07, 6.45) is -0.104. The SMILES string of the molecule is CCOC(=O)CC(=O)CN1CCN(C(C)(C)C)CC1. The maximum atomic E-state index is 11.7. The molecule has 0 aromatic heterocycles. The molecule has 1 saturated heterocycles. The Balaban J connectivity index is 2.29. The zero-order valence-corrected chi connectivity index (χ0v) is 12.6. The van der Waals surface area contributed by atoms with Crippen molar-refractivity contribution in [1.29, 1.82) is 0 Å². The fraction of sp³-hybridized carbons (Fsp3) is 0.857. The van der Waals surface area contributed by atoms with Crippen LogP contribution in [-0.2, 0) is 14.3 Å². The number of esters is 1. The molecule has 1 rings (SSSR count). The number of Topliss-reactive ketones (excluding diaryl/α,β-unsaturated/α-hetero) is 1. The van der Waals surface area contributed by atoms with E-state index in [9.17, 15) is 9.59 Å². The molecule has 1 heterocycles. The molecule has 0 aromatic carbocycles. The molecule has 1 fully saturated rings. The fourth-order valence-corrected chi connectivity index (χ4v) is 2.26. The van der Waals surface area contributed by atoms with E-state index in [1.165, 1.54) is 0 Å². The van der Waals surface area contributed by atoms with Gasteiger partial charge in [-0.25, -0.2) is 0 Å². The average Bonchev–Trinajstić information content (AvgIpc) is 2.28. The Bertz CT molecular complexity index is 315. The molecular formula is C14H26N2O3. The Morgan fingerprint density at radius 2 is 1.68 bits per heavy atom. The monoisotopic (exact) mass is 270 g/mol. The number of ketones is 1. The van der Waals surface area contributed by atoms with Crippen LogP contribution in [0.5, 0.6) is 0 Å². The first-order chi connectivity index (χ1) is 8.82. The predicted molar refractivity (Wildman–Crippen MR) is 74.0 cm³/mol. The van der Waals surface area contributed by atoms with Gasteiger partial charge in [-0.2, -0.15) is 0 Å². The van der Waals surface area contributed by atoms with Crippen molar-refractivity contribution in [2.24, 2.45) is 0 Å². The third-order valence-electron chi connectivity index (χ3n) is 3.37. The molecule has 0 atom stereocenters. The van der Waals surface area contributed by atoms with Crippen LogP contribution in [-0.4, -0.2) is 66.4 Å². The summed E-state index contributed by atoms with van der Waals surface area (Å²) in [6, 6.07) is 0. The molecule has 0 amide bonds. The number of rotatable bonds is 5. The summed E-state index contributed by atoms with van der Waals surface area (Å²) < 4.78 is 4.78. The summed E-state index contributed by atoms with van der Waals surface area (Å²) in [4.78, 5) is 27.5. The van der Waals surface area contributed by atoms with Crippen LogP contribution >= 0.6 is 0 Å². The molecular weight excluding hydrogens is 244 g/mol. The molecule has 1 aliphatic heterocycles. The lowest BCUT2D eigenvalue weighted by Crippen LogP contribution is -2.54. The number of carbonyl (C=O) groups is 2. The lowest BCUT2D eigenvalue weighted by atomic mass is 10.0. The minimum absolute atomic E-state index is 0.0531. The summed E-state index contributed by atoms with van der Waals surface area (Å²) in [6.45, 7) is 12.7. The first-order valence-corrected chi connectivity index (χ1v) is 6.97. The van der Waals surface area contributed by atoms with Crippen LogP contribution in [0, 0.1) is 0 Å². The standard InChI is InChI=1S/C14H26N2O3/c1-5-19-13(18)10-12(17)11-15-6-8-16(9-7-15)14(2,3)4/h5-11H2,1-4H3. The van der Waals surface area contributed by atoms with Crippen molar-refractivity contribution in [2.75, 3.05) is 39.3 Å². The lowest BCUT2D eigenvalue weighted by Gasteiger charge is -2.42. The minimum Gasteiger partial charge on any atom is -0.466 e. The van der Waals surface area contributed by atoms with E-state index >= 15 is 0 Å². The van der Waals surface area contributed by atoms with Crippen molar-refractivity contribution in [1.82, 2.24) is 9.80 Å². The van der Waals surface area contributed by atoms with E-state index in [-0.39, 0.29) is 17.7 Å². The van der Waals surface area contributed by atoms with Gasteiger partial charge in [-0.15, -0.1) is 0 Å². The summed E-state index contributed by atoms with van der Waals surface area (Å²) in [5, 5.41) is 0. The van der Waals surface area contributed by atoms with Gasteiger partial charge in [0.05, 0.1) is 13.2 Å². The van der Waals surface area contributed by atoms with E-state index in [0.29, 0.717) is 13.2 Å². The van der Waals surface area contributed by atoms with E-state index in [1.807, 2.05) is 0 Å². The highest BCUT2D eigenvalue weighted by Crippen LogP contribution is 2.15. The molecule has 0 aromatic rings. The highest BCUT2D eigenvalue weighted by Gasteiger charge is 2.26. The smallest absolute Gasteiger partial charge is 0.313 e. The third-order valence-corrected chi connectivity index (χ3v) is 3.37. The Morgan fingerprint density at radius 1 is 1.11 bits per heavy atom. The second-order valence-electron chi connectivity index (χ2n) is 5.95. The third kappa shape index (κ3) is 5.70. The van der Waals surface area contributed by atoms with Crippen LogP contribution in [0.25, 0.3) is 0 Å². The van der Waals surface area contributed by atoms with Crippen LogP contribution < -0.4 is 0 Å². The second-order valence-corrected chi connectivity index (χ2v) is 5.95. The maximum Gasteiger partial charge on any atom is 0.313 e. The zero-order valence-electron chi connectivity index (χ0n) is 12.6. The fourth-order valence-electron chi connectivity index (χ4n) is 2.26. The van der Waals surface area contributed by atoms with E-state index in [2.05, 4.69) is 30.6 Å². The Kier molecular flexibility index (Phi) is 5.94. The lowest BCUT2D eigenvalue weighted by molar-refractivity contribution is -0.145. The number of piperazine rings is 1. The van der Waals surface area contributed by atoms with E-state index in [1.54, 1.807) is 6.92 Å². The molecule has 0 unspecified atom stereocenters. The molecule has 0 bridgehead atoms. The predicted octanol–water partition coefficient (Wildman–Crippen LogP) is 0.925. The Labute approximate surface area is 115 Å². The summed E-state index contributed by atoms with van der Waals surface area (Å²) in [5.74, 6) is -0.469. The molecule has 0 N–H and O–H groups in total. The van der Waals surface area contributed by atoms with Crippen LogP contribution in [0.2, 0.25) is 0 Å². The van der Waals surface area contributed by atoms with Crippen molar-refractivity contribution in [3.8, 4) is 0 Å². The molecule has 19 heavy (non-hydrogen) atoms. The molecule has 0 spiro atoms. The molecule has 0 saturated carbocycles. The van der Waals surface area contributed by atoms with Crippen molar-refractivity contribution in [2.45, 2.75) is 39.7 Å². The van der Waals surface area contributed by atoms with Crippen molar-refractivity contribution in [3.63, 3.8) is 0 Å². The average molecular weight is 270 g/mol.